The Morgan fingerprint density at radius 2 is 1.83 bits per heavy atom. The van der Waals surface area contributed by atoms with Gasteiger partial charge in [-0.1, -0.05) is 0 Å². The standard InChI is InChI=1S/C26H30F4N8O4/c27-25(28)4-2-15(3-5-25)20(34-24(41)21-22(36-42-35-21)37-6-1-7-37)17-13-38-18(32-17)9-16(12-31-38)23(40)33-19(39)8-14-10-26(29,30)11-14/h9,12-15,20,23,40H,1-8,10-11H2,(H,33,39)(H,34,41)/t20?,23-/m1/s1. The van der Waals surface area contributed by atoms with E-state index in [0.29, 0.717) is 24.6 Å². The molecule has 0 radical (unpaired) electrons. The van der Waals surface area contributed by atoms with Crippen LogP contribution in [0, 0.1) is 11.8 Å². The number of aromatic nitrogens is 5. The van der Waals surface area contributed by atoms with Gasteiger partial charge in [0, 0.05) is 50.8 Å². The molecular weight excluding hydrogens is 564 g/mol. The molecule has 3 aromatic heterocycles. The van der Waals surface area contributed by atoms with Gasteiger partial charge < -0.3 is 20.6 Å². The minimum atomic E-state index is -2.78. The second-order valence-corrected chi connectivity index (χ2v) is 11.5. The van der Waals surface area contributed by atoms with Gasteiger partial charge in [-0.05, 0) is 47.5 Å². The second kappa shape index (κ2) is 10.8. The molecule has 226 valence electrons. The van der Waals surface area contributed by atoms with Gasteiger partial charge in [-0.2, -0.15) is 5.10 Å². The first-order valence-corrected chi connectivity index (χ1v) is 13.9. The first-order chi connectivity index (χ1) is 20.0. The van der Waals surface area contributed by atoms with Crippen LogP contribution in [-0.4, -0.2) is 66.8 Å². The quantitative estimate of drug-likeness (QED) is 0.251. The highest BCUT2D eigenvalue weighted by atomic mass is 19.3. The van der Waals surface area contributed by atoms with Crippen LogP contribution in [0.1, 0.15) is 85.4 Å². The van der Waals surface area contributed by atoms with Gasteiger partial charge in [0.2, 0.25) is 29.3 Å². The molecule has 1 aliphatic heterocycles. The van der Waals surface area contributed by atoms with Crippen molar-refractivity contribution in [2.75, 3.05) is 18.0 Å². The van der Waals surface area contributed by atoms with E-state index in [1.807, 2.05) is 4.90 Å². The molecule has 2 amide bonds. The number of aliphatic hydroxyl groups excluding tert-OH is 1. The van der Waals surface area contributed by atoms with Crippen LogP contribution in [0.2, 0.25) is 0 Å². The SMILES string of the molecule is O=C(CC1CC(F)(F)C1)N[C@H](O)c1cnn2cc(C(NC(=O)c3nonc3N3CCC3)C3CCC(F)(F)CC3)nc2c1. The number of fused-ring (bicyclic) bond motifs is 1. The van der Waals surface area contributed by atoms with Gasteiger partial charge in [-0.25, -0.2) is 31.7 Å². The number of carbonyl (C=O) groups is 2. The lowest BCUT2D eigenvalue weighted by Gasteiger charge is -2.34. The normalized spacial score (nSPS) is 21.8. The second-order valence-electron chi connectivity index (χ2n) is 11.5. The number of halogens is 4. The van der Waals surface area contributed by atoms with E-state index in [9.17, 15) is 32.3 Å². The molecule has 42 heavy (non-hydrogen) atoms. The number of hydrogen-bond donors (Lipinski definition) is 3. The van der Waals surface area contributed by atoms with E-state index < -0.39 is 41.8 Å². The van der Waals surface area contributed by atoms with Gasteiger partial charge in [-0.15, -0.1) is 0 Å². The molecule has 3 aromatic rings. The van der Waals surface area contributed by atoms with Crippen molar-refractivity contribution in [3.05, 3.63) is 35.4 Å². The Bertz CT molecular complexity index is 1460. The summed E-state index contributed by atoms with van der Waals surface area (Å²) < 4.78 is 60.3. The van der Waals surface area contributed by atoms with Crippen LogP contribution in [0.5, 0.6) is 0 Å². The highest BCUT2D eigenvalue weighted by Crippen LogP contribution is 2.44. The molecule has 2 atom stereocenters. The van der Waals surface area contributed by atoms with Crippen LogP contribution in [0.25, 0.3) is 5.65 Å². The number of carbonyl (C=O) groups excluding carboxylic acids is 2. The van der Waals surface area contributed by atoms with Crippen molar-refractivity contribution >= 4 is 23.3 Å². The number of aliphatic hydroxyl groups is 1. The topological polar surface area (TPSA) is 151 Å². The summed E-state index contributed by atoms with van der Waals surface area (Å²) in [5.41, 5.74) is 0.848. The van der Waals surface area contributed by atoms with Crippen molar-refractivity contribution in [1.29, 1.82) is 0 Å². The fourth-order valence-corrected chi connectivity index (χ4v) is 5.80. The Morgan fingerprint density at radius 1 is 1.10 bits per heavy atom. The van der Waals surface area contributed by atoms with Crippen LogP contribution in [0.3, 0.4) is 0 Å². The summed E-state index contributed by atoms with van der Waals surface area (Å²) in [6.07, 6.45) is 1.19. The molecule has 1 saturated heterocycles. The van der Waals surface area contributed by atoms with E-state index in [2.05, 4.69) is 31.0 Å². The number of rotatable bonds is 9. The van der Waals surface area contributed by atoms with Crippen molar-refractivity contribution < 1.29 is 36.9 Å². The van der Waals surface area contributed by atoms with Crippen LogP contribution in [0.4, 0.5) is 23.4 Å². The average molecular weight is 595 g/mol. The van der Waals surface area contributed by atoms with Gasteiger partial charge >= 0.3 is 0 Å². The summed E-state index contributed by atoms with van der Waals surface area (Å²) in [7, 11) is 0. The molecule has 16 heteroatoms. The van der Waals surface area contributed by atoms with Gasteiger partial charge in [0.1, 0.15) is 0 Å². The minimum absolute atomic E-state index is 0.00509. The molecule has 3 N–H and O–H groups in total. The zero-order valence-corrected chi connectivity index (χ0v) is 22.5. The molecule has 6 rings (SSSR count). The molecule has 1 unspecified atom stereocenters. The van der Waals surface area contributed by atoms with Crippen molar-refractivity contribution in [3.8, 4) is 0 Å². The molecular formula is C26H30F4N8O4. The van der Waals surface area contributed by atoms with Crippen LogP contribution < -0.4 is 15.5 Å². The summed E-state index contributed by atoms with van der Waals surface area (Å²) in [4.78, 5) is 32.0. The van der Waals surface area contributed by atoms with Crippen molar-refractivity contribution in [2.24, 2.45) is 11.8 Å². The van der Waals surface area contributed by atoms with E-state index in [1.165, 1.54) is 16.8 Å². The molecule has 0 aromatic carbocycles. The van der Waals surface area contributed by atoms with Gasteiger partial charge in [-0.3, -0.25) is 9.59 Å². The summed E-state index contributed by atoms with van der Waals surface area (Å²) in [6.45, 7) is 1.41. The van der Waals surface area contributed by atoms with Crippen molar-refractivity contribution in [1.82, 2.24) is 35.5 Å². The number of amides is 2. The smallest absolute Gasteiger partial charge is 0.278 e. The van der Waals surface area contributed by atoms with E-state index in [1.54, 1.807) is 6.20 Å². The summed E-state index contributed by atoms with van der Waals surface area (Å²) in [5, 5.41) is 27.7. The number of nitrogens with zero attached hydrogens (tertiary/aromatic N) is 6. The maximum atomic E-state index is 14.0. The Labute approximate surface area is 236 Å². The van der Waals surface area contributed by atoms with Crippen molar-refractivity contribution in [2.45, 2.75) is 75.5 Å². The summed E-state index contributed by atoms with van der Waals surface area (Å²) in [6, 6.07) is 0.723. The Kier molecular flexibility index (Phi) is 7.27. The van der Waals surface area contributed by atoms with E-state index in [0.717, 1.165) is 6.42 Å². The molecule has 3 aliphatic rings. The lowest BCUT2D eigenvalue weighted by Crippen LogP contribution is -2.40. The molecule has 2 aliphatic carbocycles. The summed E-state index contributed by atoms with van der Waals surface area (Å²) >= 11 is 0. The number of nitrogens with one attached hydrogen (secondary N) is 2. The predicted octanol–water partition coefficient (Wildman–Crippen LogP) is 3.16. The Hall–Kier alpha value is -3.82. The third-order valence-corrected chi connectivity index (χ3v) is 8.30. The van der Waals surface area contributed by atoms with Gasteiger partial charge in [0.05, 0.1) is 24.1 Å². The number of alkyl halides is 4. The maximum Gasteiger partial charge on any atom is 0.278 e. The van der Waals surface area contributed by atoms with Crippen LogP contribution in [-0.2, 0) is 4.79 Å². The third kappa shape index (κ3) is 5.89. The molecule has 4 heterocycles. The highest BCUT2D eigenvalue weighted by molar-refractivity contribution is 5.97. The zero-order valence-electron chi connectivity index (χ0n) is 22.5. The van der Waals surface area contributed by atoms with E-state index in [-0.39, 0.29) is 67.8 Å². The number of anilines is 1. The molecule has 0 bridgehead atoms. The average Bonchev–Trinajstić information content (AvgIpc) is 3.52. The van der Waals surface area contributed by atoms with Crippen LogP contribution >= 0.6 is 0 Å². The monoisotopic (exact) mass is 594 g/mol. The van der Waals surface area contributed by atoms with Crippen molar-refractivity contribution in [3.63, 3.8) is 0 Å². The molecule has 3 fully saturated rings. The molecule has 0 spiro atoms. The zero-order chi connectivity index (χ0) is 29.6. The first kappa shape index (κ1) is 28.3. The third-order valence-electron chi connectivity index (χ3n) is 8.30. The highest BCUT2D eigenvalue weighted by Gasteiger charge is 2.46. The largest absolute Gasteiger partial charge is 0.369 e. The first-order valence-electron chi connectivity index (χ1n) is 13.9. The predicted molar refractivity (Wildman–Crippen MR) is 137 cm³/mol. The fraction of sp³-hybridized carbons (Fsp3) is 0.615. The molecule has 2 saturated carbocycles. The maximum absolute atomic E-state index is 14.0. The van der Waals surface area contributed by atoms with E-state index in [4.69, 9.17) is 4.63 Å². The molecule has 12 nitrogen and oxygen atoms in total. The minimum Gasteiger partial charge on any atom is -0.369 e. The van der Waals surface area contributed by atoms with Gasteiger partial charge in [0.25, 0.3) is 5.91 Å². The Morgan fingerprint density at radius 3 is 2.50 bits per heavy atom. The van der Waals surface area contributed by atoms with Crippen LogP contribution in [0.15, 0.2) is 23.1 Å². The Balaban J connectivity index is 1.20. The summed E-state index contributed by atoms with van der Waals surface area (Å²) in [5.74, 6) is -7.14. The van der Waals surface area contributed by atoms with E-state index >= 15 is 0 Å². The number of hydrogen-bond acceptors (Lipinski definition) is 9. The lowest BCUT2D eigenvalue weighted by atomic mass is 9.79. The lowest BCUT2D eigenvalue weighted by molar-refractivity contribution is -0.136. The number of imidazole rings is 1. The van der Waals surface area contributed by atoms with Gasteiger partial charge in [0.15, 0.2) is 11.9 Å². The fourth-order valence-electron chi connectivity index (χ4n) is 5.80.